The fourth-order valence-corrected chi connectivity index (χ4v) is 3.04. The molecule has 0 aliphatic carbocycles. The van der Waals surface area contributed by atoms with Crippen LogP contribution in [-0.2, 0) is 26.2 Å². The smallest absolute Gasteiger partial charge is 0.162 e. The predicted octanol–water partition coefficient (Wildman–Crippen LogP) is 2.08. The van der Waals surface area contributed by atoms with E-state index in [0.29, 0.717) is 5.69 Å². The molecule has 6 nitrogen and oxygen atoms in total. The van der Waals surface area contributed by atoms with Crippen molar-refractivity contribution in [1.82, 2.24) is 24.5 Å². The van der Waals surface area contributed by atoms with E-state index in [1.807, 2.05) is 16.9 Å². The third-order valence-corrected chi connectivity index (χ3v) is 4.24. The zero-order chi connectivity index (χ0) is 15.5. The highest BCUT2D eigenvalue weighted by Gasteiger charge is 2.18. The molecular formula is C16H22N6. The number of hydrogen-bond donors (Lipinski definition) is 0. The Morgan fingerprint density at radius 3 is 3.00 bits per heavy atom. The maximum Gasteiger partial charge on any atom is 0.162 e. The minimum Gasteiger partial charge on any atom is -0.293 e. The molecule has 1 aliphatic heterocycles. The van der Waals surface area contributed by atoms with Gasteiger partial charge in [0.15, 0.2) is 5.69 Å². The van der Waals surface area contributed by atoms with E-state index in [-0.39, 0.29) is 0 Å². The van der Waals surface area contributed by atoms with Gasteiger partial charge in [-0.2, -0.15) is 15.5 Å². The second kappa shape index (κ2) is 6.32. The summed E-state index contributed by atoms with van der Waals surface area (Å²) in [5.41, 5.74) is 4.20. The van der Waals surface area contributed by atoms with Crippen LogP contribution in [0, 0.1) is 18.3 Å². The first-order chi connectivity index (χ1) is 10.7. The quantitative estimate of drug-likeness (QED) is 0.867. The molecular weight excluding hydrogens is 276 g/mol. The number of nitriles is 1. The zero-order valence-corrected chi connectivity index (χ0v) is 13.3. The average Bonchev–Trinajstić information content (AvgIpc) is 3.00. The Morgan fingerprint density at radius 2 is 2.23 bits per heavy atom. The maximum absolute atomic E-state index is 9.00. The largest absolute Gasteiger partial charge is 0.293 e. The highest BCUT2D eigenvalue weighted by molar-refractivity contribution is 5.23. The summed E-state index contributed by atoms with van der Waals surface area (Å²) >= 11 is 0. The van der Waals surface area contributed by atoms with Gasteiger partial charge >= 0.3 is 0 Å². The Bertz CT molecular complexity index is 690. The van der Waals surface area contributed by atoms with Crippen molar-refractivity contribution < 1.29 is 0 Å². The molecule has 0 saturated heterocycles. The van der Waals surface area contributed by atoms with Gasteiger partial charge < -0.3 is 0 Å². The van der Waals surface area contributed by atoms with Crippen molar-refractivity contribution in [2.75, 3.05) is 6.54 Å². The Labute approximate surface area is 130 Å². The summed E-state index contributed by atoms with van der Waals surface area (Å²) in [5.74, 6) is 0. The normalized spacial score (nSPS) is 15.3. The fourth-order valence-electron chi connectivity index (χ4n) is 3.04. The molecule has 0 saturated carbocycles. The van der Waals surface area contributed by atoms with Crippen molar-refractivity contribution in [3.8, 4) is 6.07 Å². The number of fused-ring (bicyclic) bond motifs is 1. The molecule has 0 radical (unpaired) electrons. The summed E-state index contributed by atoms with van der Waals surface area (Å²) in [5, 5.41) is 17.8. The highest BCUT2D eigenvalue weighted by Crippen LogP contribution is 2.17. The average molecular weight is 298 g/mol. The molecule has 3 heterocycles. The molecule has 0 atom stereocenters. The van der Waals surface area contributed by atoms with Gasteiger partial charge in [-0.15, -0.1) is 0 Å². The molecule has 0 bridgehead atoms. The first-order valence-electron chi connectivity index (χ1n) is 7.91. The lowest BCUT2D eigenvalue weighted by Crippen LogP contribution is -2.23. The molecule has 3 rings (SSSR count). The lowest BCUT2D eigenvalue weighted by atomic mass is 10.2. The monoisotopic (exact) mass is 298 g/mol. The van der Waals surface area contributed by atoms with Crippen molar-refractivity contribution in [1.29, 1.82) is 5.26 Å². The first kappa shape index (κ1) is 14.8. The molecule has 2 aromatic heterocycles. The number of aromatic nitrogens is 4. The molecule has 0 N–H and O–H groups in total. The van der Waals surface area contributed by atoms with E-state index in [1.165, 1.54) is 11.3 Å². The molecule has 2 aromatic rings. The van der Waals surface area contributed by atoms with Crippen LogP contribution in [0.1, 0.15) is 42.4 Å². The van der Waals surface area contributed by atoms with Crippen LogP contribution in [0.2, 0.25) is 0 Å². The van der Waals surface area contributed by atoms with Crippen molar-refractivity contribution >= 4 is 0 Å². The van der Waals surface area contributed by atoms with Gasteiger partial charge in [-0.1, -0.05) is 6.92 Å². The van der Waals surface area contributed by atoms with Gasteiger partial charge in [0.2, 0.25) is 0 Å². The van der Waals surface area contributed by atoms with Gasteiger partial charge in [0.05, 0.1) is 11.9 Å². The summed E-state index contributed by atoms with van der Waals surface area (Å²) < 4.78 is 4.07. The molecule has 22 heavy (non-hydrogen) atoms. The minimum absolute atomic E-state index is 0.517. The topological polar surface area (TPSA) is 62.7 Å². The van der Waals surface area contributed by atoms with Crippen molar-refractivity contribution in [2.24, 2.45) is 0 Å². The van der Waals surface area contributed by atoms with Crippen LogP contribution in [0.4, 0.5) is 0 Å². The molecule has 1 aliphatic rings. The Balaban J connectivity index is 1.74. The minimum atomic E-state index is 0.517. The summed E-state index contributed by atoms with van der Waals surface area (Å²) in [6, 6.07) is 4.04. The van der Waals surface area contributed by atoms with Crippen LogP contribution in [0.25, 0.3) is 0 Å². The van der Waals surface area contributed by atoms with Crippen LogP contribution < -0.4 is 0 Å². The van der Waals surface area contributed by atoms with Crippen LogP contribution >= 0.6 is 0 Å². The second-order valence-corrected chi connectivity index (χ2v) is 5.90. The highest BCUT2D eigenvalue weighted by atomic mass is 15.3. The number of rotatable bonds is 4. The predicted molar refractivity (Wildman–Crippen MR) is 82.9 cm³/mol. The van der Waals surface area contributed by atoms with Crippen LogP contribution in [-0.4, -0.2) is 31.0 Å². The lowest BCUT2D eigenvalue weighted by Gasteiger charge is -2.19. The van der Waals surface area contributed by atoms with Gasteiger partial charge in [-0.05, 0) is 25.8 Å². The summed E-state index contributed by atoms with van der Waals surface area (Å²) in [6.45, 7) is 8.97. The Morgan fingerprint density at radius 1 is 1.36 bits per heavy atom. The molecule has 0 amide bonds. The van der Waals surface area contributed by atoms with E-state index < -0.39 is 0 Å². The molecule has 0 aromatic carbocycles. The van der Waals surface area contributed by atoms with E-state index in [9.17, 15) is 0 Å². The van der Waals surface area contributed by atoms with Gasteiger partial charge in [0.25, 0.3) is 0 Å². The van der Waals surface area contributed by atoms with Crippen molar-refractivity contribution in [3.05, 3.63) is 34.9 Å². The number of hydrogen-bond acceptors (Lipinski definition) is 4. The summed E-state index contributed by atoms with van der Waals surface area (Å²) in [4.78, 5) is 2.42. The van der Waals surface area contributed by atoms with Gasteiger partial charge in [-0.3, -0.25) is 14.3 Å². The number of nitrogens with zero attached hydrogens (tertiary/aromatic N) is 6. The number of aryl methyl sites for hydroxylation is 2. The zero-order valence-electron chi connectivity index (χ0n) is 13.3. The third kappa shape index (κ3) is 2.90. The maximum atomic E-state index is 9.00. The van der Waals surface area contributed by atoms with Gasteiger partial charge in [0, 0.05) is 44.0 Å². The molecule has 0 fully saturated rings. The second-order valence-electron chi connectivity index (χ2n) is 5.90. The van der Waals surface area contributed by atoms with Crippen LogP contribution in [0.15, 0.2) is 12.3 Å². The van der Waals surface area contributed by atoms with Crippen molar-refractivity contribution in [3.63, 3.8) is 0 Å². The van der Waals surface area contributed by atoms with Gasteiger partial charge in [0.1, 0.15) is 6.07 Å². The first-order valence-corrected chi connectivity index (χ1v) is 7.91. The van der Waals surface area contributed by atoms with E-state index in [0.717, 1.165) is 51.3 Å². The standard InChI is InChI=1S/C16H22N6/c1-3-5-21-13(2)14(10-18-21)11-20-6-4-7-22-16(12-20)8-15(9-17)19-22/h8,10H,3-7,11-12H2,1-2H3. The van der Waals surface area contributed by atoms with E-state index in [2.05, 4.69) is 39.7 Å². The third-order valence-electron chi connectivity index (χ3n) is 4.24. The van der Waals surface area contributed by atoms with E-state index in [1.54, 1.807) is 0 Å². The van der Waals surface area contributed by atoms with E-state index in [4.69, 9.17) is 5.26 Å². The van der Waals surface area contributed by atoms with Crippen LogP contribution in [0.3, 0.4) is 0 Å². The fraction of sp³-hybridized carbons (Fsp3) is 0.562. The molecule has 6 heteroatoms. The van der Waals surface area contributed by atoms with Gasteiger partial charge in [-0.25, -0.2) is 0 Å². The molecule has 0 unspecified atom stereocenters. The Kier molecular flexibility index (Phi) is 4.25. The van der Waals surface area contributed by atoms with E-state index >= 15 is 0 Å². The SMILES string of the molecule is CCCn1ncc(CN2CCCn3nc(C#N)cc3C2)c1C. The summed E-state index contributed by atoms with van der Waals surface area (Å²) in [7, 11) is 0. The summed E-state index contributed by atoms with van der Waals surface area (Å²) in [6.07, 6.45) is 4.15. The molecule has 0 spiro atoms. The van der Waals surface area contributed by atoms with Crippen LogP contribution in [0.5, 0.6) is 0 Å². The Hall–Kier alpha value is -2.13. The van der Waals surface area contributed by atoms with Crippen molar-refractivity contribution in [2.45, 2.75) is 52.9 Å². The molecule has 116 valence electrons. The lowest BCUT2D eigenvalue weighted by molar-refractivity contribution is 0.260.